The molecule has 0 N–H and O–H groups in total. The van der Waals surface area contributed by atoms with Gasteiger partial charge >= 0.3 is 5.97 Å². The lowest BCUT2D eigenvalue weighted by Crippen LogP contribution is -2.24. The fourth-order valence-electron chi connectivity index (χ4n) is 0.911. The van der Waals surface area contributed by atoms with E-state index < -0.39 is 6.10 Å². The molecular formula is C9H16O3. The fourth-order valence-corrected chi connectivity index (χ4v) is 0.911. The van der Waals surface area contributed by atoms with Gasteiger partial charge in [-0.05, 0) is 19.3 Å². The number of esters is 1. The van der Waals surface area contributed by atoms with Crippen LogP contribution in [0.15, 0.2) is 12.7 Å². The van der Waals surface area contributed by atoms with Crippen molar-refractivity contribution in [3.05, 3.63) is 12.7 Å². The van der Waals surface area contributed by atoms with Gasteiger partial charge in [-0.1, -0.05) is 6.08 Å². The Labute approximate surface area is 73.4 Å². The molecule has 70 valence electrons. The number of carbonyl (C=O) groups excluding carboxylic acids is 1. The van der Waals surface area contributed by atoms with Gasteiger partial charge in [-0.15, -0.1) is 6.58 Å². The van der Waals surface area contributed by atoms with Crippen LogP contribution in [0.1, 0.15) is 19.3 Å². The Hall–Kier alpha value is -0.830. The van der Waals surface area contributed by atoms with Crippen molar-refractivity contribution in [2.24, 2.45) is 0 Å². The summed E-state index contributed by atoms with van der Waals surface area (Å²) in [7, 11) is 2.87. The molecule has 0 amide bonds. The zero-order valence-electron chi connectivity index (χ0n) is 7.71. The highest BCUT2D eigenvalue weighted by Gasteiger charge is 2.16. The smallest absolute Gasteiger partial charge is 0.334 e. The number of methoxy groups -OCH3 is 2. The summed E-state index contributed by atoms with van der Waals surface area (Å²) in [5.41, 5.74) is 0. The highest BCUT2D eigenvalue weighted by atomic mass is 16.6. The minimum Gasteiger partial charge on any atom is -0.467 e. The van der Waals surface area contributed by atoms with Gasteiger partial charge in [0.2, 0.25) is 0 Å². The number of allylic oxidation sites excluding steroid dienone is 1. The first kappa shape index (κ1) is 11.2. The van der Waals surface area contributed by atoms with Crippen molar-refractivity contribution in [2.75, 3.05) is 14.2 Å². The van der Waals surface area contributed by atoms with E-state index in [1.54, 1.807) is 0 Å². The lowest BCUT2D eigenvalue weighted by molar-refractivity contribution is -0.152. The van der Waals surface area contributed by atoms with Gasteiger partial charge in [-0.3, -0.25) is 0 Å². The predicted octanol–water partition coefficient (Wildman–Crippen LogP) is 1.53. The lowest BCUT2D eigenvalue weighted by atomic mass is 10.1. The van der Waals surface area contributed by atoms with Crippen LogP contribution in [0.4, 0.5) is 0 Å². The van der Waals surface area contributed by atoms with E-state index in [-0.39, 0.29) is 5.97 Å². The quantitative estimate of drug-likeness (QED) is 0.346. The largest absolute Gasteiger partial charge is 0.467 e. The van der Waals surface area contributed by atoms with Gasteiger partial charge < -0.3 is 9.47 Å². The lowest BCUT2D eigenvalue weighted by Gasteiger charge is -2.11. The minimum atomic E-state index is -0.421. The molecule has 1 unspecified atom stereocenters. The van der Waals surface area contributed by atoms with Gasteiger partial charge in [0.1, 0.15) is 0 Å². The van der Waals surface area contributed by atoms with E-state index in [1.165, 1.54) is 14.2 Å². The maximum atomic E-state index is 11.0. The van der Waals surface area contributed by atoms with Crippen LogP contribution in [-0.2, 0) is 14.3 Å². The fraction of sp³-hybridized carbons (Fsp3) is 0.667. The van der Waals surface area contributed by atoms with Gasteiger partial charge in [0, 0.05) is 7.11 Å². The second-order valence-electron chi connectivity index (χ2n) is 2.47. The molecule has 0 saturated heterocycles. The molecule has 0 fully saturated rings. The SMILES string of the molecule is C=CCCCC(OC)C(=O)OC. The summed E-state index contributed by atoms with van der Waals surface area (Å²) in [4.78, 5) is 11.0. The molecule has 0 bridgehead atoms. The third-order valence-corrected chi connectivity index (χ3v) is 1.62. The Morgan fingerprint density at radius 1 is 1.58 bits per heavy atom. The number of rotatable bonds is 6. The number of hydrogen-bond acceptors (Lipinski definition) is 3. The number of hydrogen-bond donors (Lipinski definition) is 0. The zero-order valence-corrected chi connectivity index (χ0v) is 7.71. The number of ether oxygens (including phenoxy) is 2. The molecule has 0 aliphatic heterocycles. The second-order valence-corrected chi connectivity index (χ2v) is 2.47. The molecule has 3 nitrogen and oxygen atoms in total. The molecule has 0 aromatic rings. The molecule has 0 aliphatic rings. The Bertz CT molecular complexity index is 143. The summed E-state index contributed by atoms with van der Waals surface area (Å²) in [5, 5.41) is 0. The standard InChI is InChI=1S/C9H16O3/c1-4-5-6-7-8(11-2)9(10)12-3/h4,8H,1,5-7H2,2-3H3. The molecule has 0 radical (unpaired) electrons. The van der Waals surface area contributed by atoms with Gasteiger partial charge in [0.25, 0.3) is 0 Å². The maximum Gasteiger partial charge on any atom is 0.334 e. The Morgan fingerprint density at radius 3 is 2.67 bits per heavy atom. The van der Waals surface area contributed by atoms with Crippen LogP contribution in [0.25, 0.3) is 0 Å². The van der Waals surface area contributed by atoms with E-state index in [4.69, 9.17) is 4.74 Å². The number of carbonyl (C=O) groups is 1. The summed E-state index contributed by atoms with van der Waals surface area (Å²) in [5.74, 6) is -0.304. The maximum absolute atomic E-state index is 11.0. The first-order valence-electron chi connectivity index (χ1n) is 3.97. The van der Waals surface area contributed by atoms with Gasteiger partial charge in [0.15, 0.2) is 6.10 Å². The molecule has 0 spiro atoms. The first-order valence-corrected chi connectivity index (χ1v) is 3.97. The Balaban J connectivity index is 3.66. The normalized spacial score (nSPS) is 12.2. The summed E-state index contributed by atoms with van der Waals surface area (Å²) >= 11 is 0. The molecule has 0 aliphatic carbocycles. The monoisotopic (exact) mass is 172 g/mol. The van der Waals surface area contributed by atoms with Crippen LogP contribution in [0.2, 0.25) is 0 Å². The van der Waals surface area contributed by atoms with E-state index in [0.29, 0.717) is 6.42 Å². The van der Waals surface area contributed by atoms with E-state index in [1.807, 2.05) is 6.08 Å². The molecule has 0 aromatic carbocycles. The highest BCUT2D eigenvalue weighted by molar-refractivity contribution is 5.74. The highest BCUT2D eigenvalue weighted by Crippen LogP contribution is 2.05. The summed E-state index contributed by atoms with van der Waals surface area (Å²) < 4.78 is 9.48. The Morgan fingerprint density at radius 2 is 2.25 bits per heavy atom. The molecule has 12 heavy (non-hydrogen) atoms. The van der Waals surface area contributed by atoms with Crippen LogP contribution in [0, 0.1) is 0 Å². The van der Waals surface area contributed by atoms with E-state index in [0.717, 1.165) is 12.8 Å². The van der Waals surface area contributed by atoms with Crippen molar-refractivity contribution >= 4 is 5.97 Å². The molecule has 0 aromatic heterocycles. The molecule has 3 heteroatoms. The minimum absolute atomic E-state index is 0.304. The molecular weight excluding hydrogens is 156 g/mol. The van der Waals surface area contributed by atoms with Crippen molar-refractivity contribution in [3.8, 4) is 0 Å². The van der Waals surface area contributed by atoms with Crippen molar-refractivity contribution < 1.29 is 14.3 Å². The average Bonchev–Trinajstić information content (AvgIpc) is 2.11. The van der Waals surface area contributed by atoms with Crippen LogP contribution < -0.4 is 0 Å². The van der Waals surface area contributed by atoms with Crippen molar-refractivity contribution in [1.82, 2.24) is 0 Å². The van der Waals surface area contributed by atoms with Crippen LogP contribution >= 0.6 is 0 Å². The van der Waals surface area contributed by atoms with E-state index >= 15 is 0 Å². The van der Waals surface area contributed by atoms with E-state index in [9.17, 15) is 4.79 Å². The van der Waals surface area contributed by atoms with Crippen LogP contribution in [0.5, 0.6) is 0 Å². The molecule has 0 heterocycles. The topological polar surface area (TPSA) is 35.5 Å². The molecule has 0 rings (SSSR count). The van der Waals surface area contributed by atoms with E-state index in [2.05, 4.69) is 11.3 Å². The van der Waals surface area contributed by atoms with Crippen LogP contribution in [0.3, 0.4) is 0 Å². The van der Waals surface area contributed by atoms with Gasteiger partial charge in [-0.25, -0.2) is 4.79 Å². The van der Waals surface area contributed by atoms with Gasteiger partial charge in [-0.2, -0.15) is 0 Å². The van der Waals surface area contributed by atoms with Gasteiger partial charge in [0.05, 0.1) is 7.11 Å². The summed E-state index contributed by atoms with van der Waals surface area (Å²) in [6.07, 6.45) is 3.89. The third-order valence-electron chi connectivity index (χ3n) is 1.62. The molecule has 0 saturated carbocycles. The van der Waals surface area contributed by atoms with Crippen molar-refractivity contribution in [1.29, 1.82) is 0 Å². The number of unbranched alkanes of at least 4 members (excludes halogenated alkanes) is 1. The van der Waals surface area contributed by atoms with Crippen molar-refractivity contribution in [2.45, 2.75) is 25.4 Å². The van der Waals surface area contributed by atoms with Crippen LogP contribution in [-0.4, -0.2) is 26.3 Å². The second kappa shape index (κ2) is 6.85. The predicted molar refractivity (Wildman–Crippen MR) is 46.9 cm³/mol. The summed E-state index contributed by atoms with van der Waals surface area (Å²) in [6.45, 7) is 3.59. The average molecular weight is 172 g/mol. The zero-order chi connectivity index (χ0) is 9.40. The first-order chi connectivity index (χ1) is 5.76. The summed E-state index contributed by atoms with van der Waals surface area (Å²) in [6, 6.07) is 0. The molecule has 1 atom stereocenters. The Kier molecular flexibility index (Phi) is 6.38. The third kappa shape index (κ3) is 4.13. The van der Waals surface area contributed by atoms with Crippen molar-refractivity contribution in [3.63, 3.8) is 0 Å².